The average molecular weight is 349 g/mol. The van der Waals surface area contributed by atoms with Gasteiger partial charge in [-0.2, -0.15) is 0 Å². The highest BCUT2D eigenvalue weighted by Gasteiger charge is 2.19. The molecule has 3 rings (SSSR count). The van der Waals surface area contributed by atoms with Crippen LogP contribution in [0.3, 0.4) is 0 Å². The number of nitrogens with zero attached hydrogens (tertiary/aromatic N) is 4. The maximum Gasteiger partial charge on any atom is 0.352 e. The number of ether oxygens (including phenoxy) is 1. The number of fused-ring (bicyclic) bond motifs is 3. The molecule has 3 heterocycles. The smallest absolute Gasteiger partial charge is 0.352 e. The van der Waals surface area contributed by atoms with Crippen molar-refractivity contribution in [3.05, 3.63) is 26.7 Å². The van der Waals surface area contributed by atoms with Crippen LogP contribution in [0.5, 0.6) is 0 Å². The molecule has 0 bridgehead atoms. The lowest BCUT2D eigenvalue weighted by Gasteiger charge is -2.03. The first-order chi connectivity index (χ1) is 11.4. The Morgan fingerprint density at radius 3 is 2.79 bits per heavy atom. The average Bonchev–Trinajstić information content (AvgIpc) is 2.98. The van der Waals surface area contributed by atoms with Crippen LogP contribution in [-0.4, -0.2) is 45.3 Å². The van der Waals surface area contributed by atoms with Crippen LogP contribution >= 0.6 is 11.3 Å². The van der Waals surface area contributed by atoms with E-state index in [1.165, 1.54) is 9.08 Å². The van der Waals surface area contributed by atoms with Crippen molar-refractivity contribution in [3.63, 3.8) is 0 Å². The van der Waals surface area contributed by atoms with Crippen LogP contribution in [0.1, 0.15) is 16.3 Å². The molecule has 0 radical (unpaired) electrons. The monoisotopic (exact) mass is 349 g/mol. The fourth-order valence-corrected chi connectivity index (χ4v) is 3.67. The lowest BCUT2D eigenvalue weighted by Crippen LogP contribution is -2.34. The Bertz CT molecular complexity index is 985. The van der Waals surface area contributed by atoms with E-state index in [1.54, 1.807) is 25.4 Å². The van der Waals surface area contributed by atoms with Gasteiger partial charge in [-0.15, -0.1) is 16.4 Å². The van der Waals surface area contributed by atoms with Crippen LogP contribution in [0.25, 0.3) is 15.9 Å². The molecular formula is C15H19N5O3S. The molecule has 0 saturated carbocycles. The summed E-state index contributed by atoms with van der Waals surface area (Å²) in [4.78, 5) is 31.1. The Kier molecular flexibility index (Phi) is 4.37. The summed E-state index contributed by atoms with van der Waals surface area (Å²) in [5.74, 6) is 0.285. The predicted molar refractivity (Wildman–Crippen MR) is 91.7 cm³/mol. The molecule has 0 atom stereocenters. The SMILES string of the molecule is COCCNC(=O)Cn1nc2c3c(C)c(C)sc3nc(C)n2c1=O. The summed E-state index contributed by atoms with van der Waals surface area (Å²) in [7, 11) is 1.56. The van der Waals surface area contributed by atoms with Gasteiger partial charge in [-0.05, 0) is 26.3 Å². The standard InChI is InChI=1S/C15H19N5O3S/c1-8-9(2)24-14-12(8)13-18-19(7-11(21)16-5-6-23-4)15(22)20(13)10(3)17-14/h5-7H2,1-4H3,(H,16,21). The van der Waals surface area contributed by atoms with Gasteiger partial charge in [0.1, 0.15) is 17.2 Å². The number of hydrogen-bond acceptors (Lipinski definition) is 6. The van der Waals surface area contributed by atoms with Gasteiger partial charge in [0.05, 0.1) is 12.0 Å². The second kappa shape index (κ2) is 6.33. The summed E-state index contributed by atoms with van der Waals surface area (Å²) in [5, 5.41) is 7.94. The molecule has 0 aromatic carbocycles. The molecule has 3 aromatic rings. The molecule has 0 fully saturated rings. The molecule has 1 amide bonds. The number of hydrogen-bond donors (Lipinski definition) is 1. The molecule has 0 spiro atoms. The van der Waals surface area contributed by atoms with Crippen LogP contribution in [0.15, 0.2) is 4.79 Å². The number of methoxy groups -OCH3 is 1. The zero-order valence-electron chi connectivity index (χ0n) is 14.0. The van der Waals surface area contributed by atoms with E-state index in [0.29, 0.717) is 24.6 Å². The number of carbonyl (C=O) groups excluding carboxylic acids is 1. The van der Waals surface area contributed by atoms with Gasteiger partial charge in [-0.1, -0.05) is 0 Å². The number of carbonyl (C=O) groups is 1. The maximum absolute atomic E-state index is 12.6. The minimum Gasteiger partial charge on any atom is -0.383 e. The first kappa shape index (κ1) is 16.6. The largest absolute Gasteiger partial charge is 0.383 e. The Morgan fingerprint density at radius 1 is 1.33 bits per heavy atom. The van der Waals surface area contributed by atoms with Crippen LogP contribution in [0.4, 0.5) is 0 Å². The lowest BCUT2D eigenvalue weighted by atomic mass is 10.2. The van der Waals surface area contributed by atoms with Gasteiger partial charge < -0.3 is 10.1 Å². The zero-order chi connectivity index (χ0) is 17.4. The number of rotatable bonds is 5. The summed E-state index contributed by atoms with van der Waals surface area (Å²) >= 11 is 1.58. The van der Waals surface area contributed by atoms with Crippen molar-refractivity contribution in [2.24, 2.45) is 0 Å². The van der Waals surface area contributed by atoms with Gasteiger partial charge in [0.15, 0.2) is 5.65 Å². The molecular weight excluding hydrogens is 330 g/mol. The molecule has 9 heteroatoms. The second-order valence-corrected chi connectivity index (χ2v) is 6.77. The summed E-state index contributed by atoms with van der Waals surface area (Å²) in [6.07, 6.45) is 0. The first-order valence-electron chi connectivity index (χ1n) is 7.55. The Labute approximate surface area is 142 Å². The van der Waals surface area contributed by atoms with Crippen molar-refractivity contribution >= 4 is 33.1 Å². The summed E-state index contributed by atoms with van der Waals surface area (Å²) in [5.41, 5.74) is 1.25. The van der Waals surface area contributed by atoms with Crippen molar-refractivity contribution in [2.45, 2.75) is 27.3 Å². The minimum absolute atomic E-state index is 0.132. The van der Waals surface area contributed by atoms with E-state index in [2.05, 4.69) is 15.4 Å². The van der Waals surface area contributed by atoms with Crippen molar-refractivity contribution in [1.29, 1.82) is 0 Å². The Hall–Kier alpha value is -2.26. The molecule has 0 aliphatic rings. The van der Waals surface area contributed by atoms with E-state index in [4.69, 9.17) is 4.74 Å². The van der Waals surface area contributed by atoms with Gasteiger partial charge in [0.2, 0.25) is 5.91 Å². The normalized spacial score (nSPS) is 11.5. The van der Waals surface area contributed by atoms with Crippen LogP contribution in [0, 0.1) is 20.8 Å². The predicted octanol–water partition coefficient (Wildman–Crippen LogP) is 0.794. The van der Waals surface area contributed by atoms with Gasteiger partial charge in [-0.3, -0.25) is 4.79 Å². The fraction of sp³-hybridized carbons (Fsp3) is 0.467. The molecule has 0 aliphatic carbocycles. The van der Waals surface area contributed by atoms with Crippen LogP contribution in [-0.2, 0) is 16.1 Å². The molecule has 1 N–H and O–H groups in total. The number of nitrogens with one attached hydrogen (secondary N) is 1. The molecule has 8 nitrogen and oxygen atoms in total. The van der Waals surface area contributed by atoms with E-state index >= 15 is 0 Å². The molecule has 0 unspecified atom stereocenters. The number of thiophene rings is 1. The fourth-order valence-electron chi connectivity index (χ4n) is 2.60. The highest BCUT2D eigenvalue weighted by Crippen LogP contribution is 2.31. The zero-order valence-corrected chi connectivity index (χ0v) is 14.9. The third kappa shape index (κ3) is 2.69. The minimum atomic E-state index is -0.359. The van der Waals surface area contributed by atoms with E-state index in [1.807, 2.05) is 13.8 Å². The van der Waals surface area contributed by atoms with Gasteiger partial charge >= 0.3 is 5.69 Å². The van der Waals surface area contributed by atoms with Crippen LogP contribution < -0.4 is 11.0 Å². The molecule has 0 aliphatic heterocycles. The summed E-state index contributed by atoms with van der Waals surface area (Å²) in [6.45, 7) is 6.46. The number of aryl methyl sites for hydroxylation is 3. The molecule has 24 heavy (non-hydrogen) atoms. The van der Waals surface area contributed by atoms with E-state index in [0.717, 1.165) is 20.7 Å². The van der Waals surface area contributed by atoms with Gasteiger partial charge in [0, 0.05) is 18.5 Å². The summed E-state index contributed by atoms with van der Waals surface area (Å²) < 4.78 is 7.52. The van der Waals surface area contributed by atoms with Crippen LogP contribution in [0.2, 0.25) is 0 Å². The second-order valence-electron chi connectivity index (χ2n) is 5.56. The quantitative estimate of drug-likeness (QED) is 0.688. The van der Waals surface area contributed by atoms with E-state index in [9.17, 15) is 9.59 Å². The number of amides is 1. The molecule has 0 saturated heterocycles. The summed E-state index contributed by atoms with van der Waals surface area (Å²) in [6, 6.07) is 0. The van der Waals surface area contributed by atoms with Crippen molar-refractivity contribution in [3.8, 4) is 0 Å². The highest BCUT2D eigenvalue weighted by molar-refractivity contribution is 7.18. The lowest BCUT2D eigenvalue weighted by molar-refractivity contribution is -0.122. The van der Waals surface area contributed by atoms with Crippen molar-refractivity contribution < 1.29 is 9.53 Å². The Morgan fingerprint density at radius 2 is 2.08 bits per heavy atom. The van der Waals surface area contributed by atoms with E-state index in [-0.39, 0.29) is 18.1 Å². The topological polar surface area (TPSA) is 90.5 Å². The van der Waals surface area contributed by atoms with Crippen molar-refractivity contribution in [1.82, 2.24) is 24.5 Å². The molecule has 3 aromatic heterocycles. The van der Waals surface area contributed by atoms with Crippen molar-refractivity contribution in [2.75, 3.05) is 20.3 Å². The third-order valence-electron chi connectivity index (χ3n) is 3.94. The number of aromatic nitrogens is 4. The first-order valence-corrected chi connectivity index (χ1v) is 8.37. The van der Waals surface area contributed by atoms with Gasteiger partial charge in [-0.25, -0.2) is 18.9 Å². The van der Waals surface area contributed by atoms with Gasteiger partial charge in [0.25, 0.3) is 0 Å². The maximum atomic E-state index is 12.6. The Balaban J connectivity index is 2.06. The molecule has 128 valence electrons. The third-order valence-corrected chi connectivity index (χ3v) is 5.04. The van der Waals surface area contributed by atoms with E-state index < -0.39 is 0 Å². The highest BCUT2D eigenvalue weighted by atomic mass is 32.1.